The minimum absolute atomic E-state index is 0.110. The third-order valence-corrected chi connectivity index (χ3v) is 5.71. The summed E-state index contributed by atoms with van der Waals surface area (Å²) >= 11 is 0. The minimum Gasteiger partial charge on any atom is -0.493 e. The molecule has 4 nitrogen and oxygen atoms in total. The number of hydrogen-bond acceptors (Lipinski definition) is 4. The Labute approximate surface area is 107 Å². The predicted octanol–water partition coefficient (Wildman–Crippen LogP) is 1.07. The number of ether oxygens (including phenoxy) is 1. The summed E-state index contributed by atoms with van der Waals surface area (Å²) in [5.41, 5.74) is 6.82. The highest BCUT2D eigenvalue weighted by Crippen LogP contribution is 2.40. The molecule has 5 heteroatoms. The third kappa shape index (κ3) is 2.12. The zero-order chi connectivity index (χ0) is 12.8. The van der Waals surface area contributed by atoms with Gasteiger partial charge in [0.2, 0.25) is 0 Å². The average molecular weight is 267 g/mol. The highest BCUT2D eigenvalue weighted by atomic mass is 32.2. The van der Waals surface area contributed by atoms with Crippen LogP contribution < -0.4 is 10.5 Å². The lowest BCUT2D eigenvalue weighted by atomic mass is 9.85. The topological polar surface area (TPSA) is 69.4 Å². The quantitative estimate of drug-likeness (QED) is 0.870. The van der Waals surface area contributed by atoms with E-state index in [0.29, 0.717) is 19.4 Å². The Kier molecular flexibility index (Phi) is 2.64. The van der Waals surface area contributed by atoms with Crippen LogP contribution in [0.25, 0.3) is 0 Å². The van der Waals surface area contributed by atoms with Crippen molar-refractivity contribution in [2.75, 3.05) is 18.1 Å². The van der Waals surface area contributed by atoms with E-state index in [-0.39, 0.29) is 17.4 Å². The number of rotatable bonds is 2. The number of hydrogen-bond donors (Lipinski definition) is 1. The van der Waals surface area contributed by atoms with Crippen LogP contribution in [0.5, 0.6) is 5.75 Å². The second-order valence-electron chi connectivity index (χ2n) is 5.45. The Balaban J connectivity index is 1.79. The van der Waals surface area contributed by atoms with Gasteiger partial charge in [0.25, 0.3) is 0 Å². The number of benzene rings is 1. The number of sulfone groups is 1. The lowest BCUT2D eigenvalue weighted by Gasteiger charge is -2.25. The predicted molar refractivity (Wildman–Crippen MR) is 69.5 cm³/mol. The van der Waals surface area contributed by atoms with E-state index in [9.17, 15) is 8.42 Å². The van der Waals surface area contributed by atoms with E-state index in [4.69, 9.17) is 10.5 Å². The van der Waals surface area contributed by atoms with Gasteiger partial charge in [-0.25, -0.2) is 8.42 Å². The first-order chi connectivity index (χ1) is 8.48. The summed E-state index contributed by atoms with van der Waals surface area (Å²) in [4.78, 5) is 0. The number of fused-ring (bicyclic) bond motifs is 1. The molecule has 2 unspecified atom stereocenters. The van der Waals surface area contributed by atoms with Gasteiger partial charge in [-0.3, -0.25) is 0 Å². The van der Waals surface area contributed by atoms with Gasteiger partial charge in [-0.05, 0) is 18.9 Å². The molecule has 1 aromatic rings. The van der Waals surface area contributed by atoms with Gasteiger partial charge in [0, 0.05) is 17.0 Å². The van der Waals surface area contributed by atoms with Crippen LogP contribution in [0.2, 0.25) is 0 Å². The second-order valence-corrected chi connectivity index (χ2v) is 7.64. The molecule has 0 aliphatic carbocycles. The summed E-state index contributed by atoms with van der Waals surface area (Å²) in [5.74, 6) is 1.46. The van der Waals surface area contributed by atoms with Crippen LogP contribution in [0.15, 0.2) is 24.3 Å². The molecule has 0 amide bonds. The molecule has 1 fully saturated rings. The van der Waals surface area contributed by atoms with E-state index < -0.39 is 15.4 Å². The average Bonchev–Trinajstić information content (AvgIpc) is 2.82. The van der Waals surface area contributed by atoms with E-state index >= 15 is 0 Å². The van der Waals surface area contributed by atoms with Gasteiger partial charge in [-0.15, -0.1) is 0 Å². The molecule has 2 atom stereocenters. The van der Waals surface area contributed by atoms with Crippen molar-refractivity contribution in [1.29, 1.82) is 0 Å². The SMILES string of the molecule is NC1(CC2COc3ccccc32)CCS(=O)(=O)C1. The summed E-state index contributed by atoms with van der Waals surface area (Å²) in [6, 6.07) is 7.91. The molecule has 2 aliphatic heterocycles. The number of para-hydroxylation sites is 1. The minimum atomic E-state index is -2.94. The largest absolute Gasteiger partial charge is 0.493 e. The molecule has 2 aliphatic rings. The van der Waals surface area contributed by atoms with Gasteiger partial charge in [-0.2, -0.15) is 0 Å². The maximum absolute atomic E-state index is 11.6. The van der Waals surface area contributed by atoms with Crippen LogP contribution >= 0.6 is 0 Å². The second kappa shape index (κ2) is 3.96. The zero-order valence-electron chi connectivity index (χ0n) is 10.1. The Bertz CT molecular complexity index is 569. The Hall–Kier alpha value is -1.07. The van der Waals surface area contributed by atoms with Crippen LogP contribution in [0.4, 0.5) is 0 Å². The maximum atomic E-state index is 11.6. The molecule has 98 valence electrons. The highest BCUT2D eigenvalue weighted by molar-refractivity contribution is 7.91. The molecule has 3 rings (SSSR count). The molecule has 0 saturated carbocycles. The summed E-state index contributed by atoms with van der Waals surface area (Å²) < 4.78 is 28.7. The van der Waals surface area contributed by atoms with Crippen molar-refractivity contribution < 1.29 is 13.2 Å². The van der Waals surface area contributed by atoms with E-state index in [1.54, 1.807) is 0 Å². The molecular weight excluding hydrogens is 250 g/mol. The summed E-state index contributed by atoms with van der Waals surface area (Å²) in [6.07, 6.45) is 1.25. The molecule has 0 bridgehead atoms. The first kappa shape index (κ1) is 12.0. The van der Waals surface area contributed by atoms with Crippen molar-refractivity contribution in [3.05, 3.63) is 29.8 Å². The van der Waals surface area contributed by atoms with Crippen molar-refractivity contribution in [3.8, 4) is 5.75 Å². The van der Waals surface area contributed by atoms with Gasteiger partial charge in [0.1, 0.15) is 5.75 Å². The molecule has 1 saturated heterocycles. The highest BCUT2D eigenvalue weighted by Gasteiger charge is 2.42. The Morgan fingerprint density at radius 2 is 2.17 bits per heavy atom. The monoisotopic (exact) mass is 267 g/mol. The summed E-state index contributed by atoms with van der Waals surface area (Å²) in [7, 11) is -2.94. The van der Waals surface area contributed by atoms with Gasteiger partial charge in [0.15, 0.2) is 9.84 Å². The normalized spacial score (nSPS) is 33.1. The summed E-state index contributed by atoms with van der Waals surface area (Å²) in [5, 5.41) is 0. The van der Waals surface area contributed by atoms with Gasteiger partial charge in [-0.1, -0.05) is 18.2 Å². The lowest BCUT2D eigenvalue weighted by molar-refractivity contribution is 0.298. The molecule has 0 spiro atoms. The Morgan fingerprint density at radius 1 is 1.39 bits per heavy atom. The molecular formula is C13H17NO3S. The fraction of sp³-hybridized carbons (Fsp3) is 0.538. The van der Waals surface area contributed by atoms with Crippen molar-refractivity contribution in [2.24, 2.45) is 5.73 Å². The van der Waals surface area contributed by atoms with Gasteiger partial charge < -0.3 is 10.5 Å². The smallest absolute Gasteiger partial charge is 0.152 e. The lowest BCUT2D eigenvalue weighted by Crippen LogP contribution is -2.42. The van der Waals surface area contributed by atoms with Crippen LogP contribution in [0.1, 0.15) is 24.3 Å². The molecule has 1 aromatic carbocycles. The van der Waals surface area contributed by atoms with E-state index in [0.717, 1.165) is 11.3 Å². The van der Waals surface area contributed by atoms with Crippen LogP contribution in [-0.2, 0) is 9.84 Å². The molecule has 18 heavy (non-hydrogen) atoms. The first-order valence-corrected chi connectivity index (χ1v) is 8.01. The summed E-state index contributed by atoms with van der Waals surface area (Å²) in [6.45, 7) is 0.609. The molecule has 0 aromatic heterocycles. The molecule has 0 radical (unpaired) electrons. The van der Waals surface area contributed by atoms with E-state index in [2.05, 4.69) is 0 Å². The fourth-order valence-electron chi connectivity index (χ4n) is 2.99. The van der Waals surface area contributed by atoms with E-state index in [1.807, 2.05) is 24.3 Å². The maximum Gasteiger partial charge on any atom is 0.152 e. The standard InChI is InChI=1S/C13H17NO3S/c14-13(5-6-18(15,16)9-13)7-10-8-17-12-4-2-1-3-11(10)12/h1-4,10H,5-9,14H2. The zero-order valence-corrected chi connectivity index (χ0v) is 10.9. The van der Waals surface area contributed by atoms with E-state index in [1.165, 1.54) is 0 Å². The van der Waals surface area contributed by atoms with Crippen molar-refractivity contribution in [1.82, 2.24) is 0 Å². The van der Waals surface area contributed by atoms with Crippen LogP contribution in [-0.4, -0.2) is 32.1 Å². The molecule has 2 N–H and O–H groups in total. The third-order valence-electron chi connectivity index (χ3n) is 3.87. The van der Waals surface area contributed by atoms with Crippen LogP contribution in [0, 0.1) is 0 Å². The fourth-order valence-corrected chi connectivity index (χ4v) is 4.99. The van der Waals surface area contributed by atoms with Gasteiger partial charge in [0.05, 0.1) is 18.1 Å². The van der Waals surface area contributed by atoms with Gasteiger partial charge >= 0.3 is 0 Å². The first-order valence-electron chi connectivity index (χ1n) is 6.19. The molecule has 2 heterocycles. The van der Waals surface area contributed by atoms with Crippen molar-refractivity contribution >= 4 is 9.84 Å². The number of nitrogens with two attached hydrogens (primary N) is 1. The van der Waals surface area contributed by atoms with Crippen LogP contribution in [0.3, 0.4) is 0 Å². The Morgan fingerprint density at radius 3 is 2.89 bits per heavy atom. The van der Waals surface area contributed by atoms with Crippen molar-refractivity contribution in [2.45, 2.75) is 24.3 Å². The van der Waals surface area contributed by atoms with Crippen molar-refractivity contribution in [3.63, 3.8) is 0 Å².